The summed E-state index contributed by atoms with van der Waals surface area (Å²) in [6, 6.07) is 0. The van der Waals surface area contributed by atoms with Gasteiger partial charge in [0.1, 0.15) is 0 Å². The molecule has 120 valence electrons. The predicted molar refractivity (Wildman–Crippen MR) is 72.6 cm³/mol. The zero-order valence-corrected chi connectivity index (χ0v) is 16.0. The molecule has 0 spiro atoms. The molecule has 0 radical (unpaired) electrons. The Kier molecular flexibility index (Phi) is 9.50. The molecule has 8 nitrogen and oxygen atoms in total. The van der Waals surface area contributed by atoms with Crippen molar-refractivity contribution < 1.29 is 62.9 Å². The number of carbonyl (C=O) groups is 3. The number of amides is 1. The first kappa shape index (κ1) is 21.6. The topological polar surface area (TPSA) is 110 Å². The number of likely N-dealkylation sites (tertiary alicyclic amines) is 1. The number of methoxy groups -OCH3 is 2. The maximum absolute atomic E-state index is 12.2. The number of esters is 2. The molecule has 0 aliphatic carbocycles. The minimum absolute atomic E-state index is 0. The second-order valence-electron chi connectivity index (χ2n) is 4.93. The third-order valence-corrected chi connectivity index (χ3v) is 5.04. The van der Waals surface area contributed by atoms with Gasteiger partial charge in [0.05, 0.1) is 32.8 Å². The van der Waals surface area contributed by atoms with Gasteiger partial charge in [-0.2, -0.15) is 0 Å². The summed E-state index contributed by atoms with van der Waals surface area (Å²) in [7, 11) is -1.47. The molecule has 22 heavy (non-hydrogen) atoms. The molecule has 1 heterocycles. The molecule has 2 atom stereocenters. The van der Waals surface area contributed by atoms with Gasteiger partial charge in [-0.05, 0) is 6.42 Å². The molecule has 1 aliphatic rings. The molecule has 0 aromatic heterocycles. The number of rotatable bonds is 7. The molecule has 1 saturated heterocycles. The van der Waals surface area contributed by atoms with Crippen LogP contribution in [0.15, 0.2) is 0 Å². The molecule has 2 unspecified atom stereocenters. The largest absolute Gasteiger partial charge is 1.00 e. The number of hydrogen-bond donors (Lipinski definition) is 1. The Morgan fingerprint density at radius 2 is 2.00 bits per heavy atom. The quantitative estimate of drug-likeness (QED) is 0.302. The Bertz CT molecular complexity index is 470. The summed E-state index contributed by atoms with van der Waals surface area (Å²) in [5.74, 6) is -2.65. The van der Waals surface area contributed by atoms with Gasteiger partial charge >= 0.3 is 41.5 Å². The second kappa shape index (κ2) is 9.67. The fourth-order valence-electron chi connectivity index (χ4n) is 2.20. The summed E-state index contributed by atoms with van der Waals surface area (Å²) < 4.78 is 21.2. The zero-order valence-electron chi connectivity index (χ0n) is 13.1. The summed E-state index contributed by atoms with van der Waals surface area (Å²) >= 11 is 0. The smallest absolute Gasteiger partial charge is 0.469 e. The number of hydrogen-bond acceptors (Lipinski definition) is 6. The van der Waals surface area contributed by atoms with Crippen molar-refractivity contribution in [2.75, 3.05) is 33.2 Å². The van der Waals surface area contributed by atoms with Gasteiger partial charge in [-0.3, -0.25) is 18.9 Å². The van der Waals surface area contributed by atoms with Gasteiger partial charge in [0.2, 0.25) is 13.3 Å². The Hall–Kier alpha value is -0.400. The first-order valence-corrected chi connectivity index (χ1v) is 8.55. The van der Waals surface area contributed by atoms with Gasteiger partial charge in [0.15, 0.2) is 0 Å². The van der Waals surface area contributed by atoms with E-state index >= 15 is 0 Å². The maximum atomic E-state index is 12.2. The van der Waals surface area contributed by atoms with Gasteiger partial charge in [0.25, 0.3) is 0 Å². The van der Waals surface area contributed by atoms with E-state index in [2.05, 4.69) is 9.47 Å². The number of ether oxygens (including phenoxy) is 2. The fraction of sp³-hybridized carbons (Fsp3) is 0.750. The first-order chi connectivity index (χ1) is 9.79. The Morgan fingerprint density at radius 1 is 1.36 bits per heavy atom. The van der Waals surface area contributed by atoms with Crippen LogP contribution in [0.5, 0.6) is 0 Å². The molecule has 0 bridgehead atoms. The van der Waals surface area contributed by atoms with Crippen molar-refractivity contribution in [3.05, 3.63) is 0 Å². The summed E-state index contributed by atoms with van der Waals surface area (Å²) in [6.07, 6.45) is -0.0370. The van der Waals surface area contributed by atoms with Crippen molar-refractivity contribution in [3.63, 3.8) is 0 Å². The summed E-state index contributed by atoms with van der Waals surface area (Å²) in [5, 5.41) is 0. The van der Waals surface area contributed by atoms with Gasteiger partial charge in [0, 0.05) is 19.1 Å². The average molecular weight is 344 g/mol. The number of nitrogens with zero attached hydrogens (tertiary/aromatic N) is 1. The van der Waals surface area contributed by atoms with Gasteiger partial charge in [-0.25, -0.2) is 0 Å². The van der Waals surface area contributed by atoms with Crippen LogP contribution in [0.4, 0.5) is 0 Å². The molecule has 0 aromatic carbocycles. The van der Waals surface area contributed by atoms with Crippen LogP contribution in [0.3, 0.4) is 0 Å². The molecular weight excluding hydrogens is 324 g/mol. The normalized spacial score (nSPS) is 18.1. The van der Waals surface area contributed by atoms with E-state index in [9.17, 15) is 23.8 Å². The summed E-state index contributed by atoms with van der Waals surface area (Å²) in [5.41, 5.74) is 0. The van der Waals surface area contributed by atoms with Crippen LogP contribution >= 0.6 is 7.37 Å². The zero-order chi connectivity index (χ0) is 16.0. The van der Waals surface area contributed by atoms with E-state index < -0.39 is 31.4 Å². The third kappa shape index (κ3) is 6.79. The molecule has 1 aliphatic heterocycles. The monoisotopic (exact) mass is 344 g/mol. The molecular formula is C12H20NNaO7P+. The van der Waals surface area contributed by atoms with Gasteiger partial charge in [-0.15, -0.1) is 0 Å². The van der Waals surface area contributed by atoms with E-state index in [0.29, 0.717) is 19.4 Å². The molecule has 0 aromatic rings. The molecule has 1 fully saturated rings. The summed E-state index contributed by atoms with van der Waals surface area (Å²) in [6.45, 7) is 0.434. The second-order valence-corrected chi connectivity index (χ2v) is 7.27. The fourth-order valence-corrected chi connectivity index (χ4v) is 4.11. The van der Waals surface area contributed by atoms with Gasteiger partial charge < -0.3 is 19.3 Å². The summed E-state index contributed by atoms with van der Waals surface area (Å²) in [4.78, 5) is 45.6. The maximum Gasteiger partial charge on any atom is 1.00 e. The van der Waals surface area contributed by atoms with Crippen molar-refractivity contribution in [2.45, 2.75) is 19.3 Å². The molecule has 1 amide bonds. The Labute approximate surface area is 151 Å². The molecule has 1 rings (SSSR count). The van der Waals surface area contributed by atoms with Crippen LogP contribution < -0.4 is 29.6 Å². The van der Waals surface area contributed by atoms with Crippen molar-refractivity contribution in [3.8, 4) is 0 Å². The SMILES string of the molecule is COC(=O)CC(CP(=O)(O)CN1CCCC1=O)C(=O)OC.[Na+]. The standard InChI is InChI=1S/C12H20NO7P.Na/c1-19-11(15)6-9(12(16)20-2)7-21(17,18)8-13-5-3-4-10(13)14;/h9H,3-8H2,1-2H3,(H,17,18);/q;+1. The van der Waals surface area contributed by atoms with E-state index in [4.69, 9.17) is 0 Å². The minimum atomic E-state index is -3.77. The van der Waals surface area contributed by atoms with Crippen molar-refractivity contribution in [1.82, 2.24) is 4.90 Å². The van der Waals surface area contributed by atoms with E-state index in [1.165, 1.54) is 4.90 Å². The van der Waals surface area contributed by atoms with Gasteiger partial charge in [-0.1, -0.05) is 0 Å². The van der Waals surface area contributed by atoms with Crippen LogP contribution in [-0.4, -0.2) is 60.9 Å². The third-order valence-electron chi connectivity index (χ3n) is 3.24. The van der Waals surface area contributed by atoms with Crippen molar-refractivity contribution in [1.29, 1.82) is 0 Å². The molecule has 1 N–H and O–H groups in total. The Balaban J connectivity index is 0.00000441. The van der Waals surface area contributed by atoms with Crippen LogP contribution in [-0.2, 0) is 28.4 Å². The van der Waals surface area contributed by atoms with Crippen LogP contribution in [0.25, 0.3) is 0 Å². The number of carbonyl (C=O) groups excluding carboxylic acids is 3. The predicted octanol–water partition coefficient (Wildman–Crippen LogP) is -2.81. The first-order valence-electron chi connectivity index (χ1n) is 6.52. The van der Waals surface area contributed by atoms with E-state index in [-0.39, 0.29) is 48.2 Å². The van der Waals surface area contributed by atoms with Crippen LogP contribution in [0.1, 0.15) is 19.3 Å². The minimum Gasteiger partial charge on any atom is -0.469 e. The van der Waals surface area contributed by atoms with E-state index in [1.54, 1.807) is 0 Å². The van der Waals surface area contributed by atoms with Crippen LogP contribution in [0.2, 0.25) is 0 Å². The molecule has 10 heteroatoms. The van der Waals surface area contributed by atoms with E-state index in [0.717, 1.165) is 14.2 Å². The molecule has 0 saturated carbocycles. The van der Waals surface area contributed by atoms with Crippen LogP contribution in [0, 0.1) is 5.92 Å². The Morgan fingerprint density at radius 3 is 2.45 bits per heavy atom. The van der Waals surface area contributed by atoms with Crippen molar-refractivity contribution in [2.24, 2.45) is 5.92 Å². The van der Waals surface area contributed by atoms with E-state index in [1.807, 2.05) is 0 Å². The van der Waals surface area contributed by atoms with Crippen molar-refractivity contribution >= 4 is 25.2 Å². The average Bonchev–Trinajstić information content (AvgIpc) is 2.81.